The van der Waals surface area contributed by atoms with Crippen molar-refractivity contribution in [2.24, 2.45) is 11.3 Å². The van der Waals surface area contributed by atoms with E-state index in [0.717, 1.165) is 18.1 Å². The summed E-state index contributed by atoms with van der Waals surface area (Å²) in [6.45, 7) is 8.63. The van der Waals surface area contributed by atoms with Gasteiger partial charge in [0.1, 0.15) is 6.10 Å². The maximum Gasteiger partial charge on any atom is 0.101 e. The van der Waals surface area contributed by atoms with Crippen LogP contribution in [0.4, 0.5) is 0 Å². The minimum absolute atomic E-state index is 0.505. The quantitative estimate of drug-likeness (QED) is 0.537. The predicted molar refractivity (Wildman–Crippen MR) is 49.8 cm³/mol. The lowest BCUT2D eigenvalue weighted by Crippen LogP contribution is -2.30. The smallest absolute Gasteiger partial charge is 0.101 e. The molecule has 1 heterocycles. The summed E-state index contributed by atoms with van der Waals surface area (Å²) in [4.78, 5) is 0. The number of hydrogen-bond acceptors (Lipinski definition) is 1. The number of ether oxygens (including phenoxy) is 1. The average Bonchev–Trinajstić information content (AvgIpc) is 2.26. The van der Waals surface area contributed by atoms with Gasteiger partial charge in [0.05, 0.1) is 5.76 Å². The van der Waals surface area contributed by atoms with E-state index in [1.807, 2.05) is 0 Å². The Hall–Kier alpha value is -0.460. The fraction of sp³-hybridized carbons (Fsp3) is 0.818. The van der Waals surface area contributed by atoms with Crippen molar-refractivity contribution in [3.63, 3.8) is 0 Å². The van der Waals surface area contributed by atoms with Crippen LogP contribution in [-0.4, -0.2) is 6.10 Å². The maximum absolute atomic E-state index is 5.66. The molecule has 1 saturated heterocycles. The molecule has 12 heavy (non-hydrogen) atoms. The van der Waals surface area contributed by atoms with E-state index in [-0.39, 0.29) is 0 Å². The van der Waals surface area contributed by atoms with Crippen LogP contribution >= 0.6 is 0 Å². The summed E-state index contributed by atoms with van der Waals surface area (Å²) in [6.07, 6.45) is 5.47. The molecule has 2 unspecified atom stereocenters. The highest BCUT2D eigenvalue weighted by molar-refractivity contribution is 5.00. The van der Waals surface area contributed by atoms with Crippen LogP contribution in [0.3, 0.4) is 0 Å². The third-order valence-corrected chi connectivity index (χ3v) is 3.25. The normalized spacial score (nSPS) is 39.0. The van der Waals surface area contributed by atoms with Crippen LogP contribution in [0.5, 0.6) is 0 Å². The van der Waals surface area contributed by atoms with Gasteiger partial charge < -0.3 is 4.74 Å². The van der Waals surface area contributed by atoms with Crippen molar-refractivity contribution >= 4 is 0 Å². The zero-order valence-corrected chi connectivity index (χ0v) is 8.10. The van der Waals surface area contributed by atoms with Gasteiger partial charge >= 0.3 is 0 Å². The van der Waals surface area contributed by atoms with Gasteiger partial charge in [-0.05, 0) is 24.7 Å². The van der Waals surface area contributed by atoms with Crippen LogP contribution < -0.4 is 0 Å². The Morgan fingerprint density at radius 1 is 1.50 bits per heavy atom. The first-order valence-corrected chi connectivity index (χ1v) is 4.91. The highest BCUT2D eigenvalue weighted by Gasteiger charge is 2.40. The zero-order valence-electron chi connectivity index (χ0n) is 8.10. The number of fused-ring (bicyclic) bond motifs is 1. The fourth-order valence-electron chi connectivity index (χ4n) is 2.63. The van der Waals surface area contributed by atoms with Crippen molar-refractivity contribution in [2.75, 3.05) is 0 Å². The summed E-state index contributed by atoms with van der Waals surface area (Å²) >= 11 is 0. The van der Waals surface area contributed by atoms with Crippen LogP contribution in [0, 0.1) is 11.3 Å². The molecule has 0 aromatic carbocycles. The summed E-state index contributed by atoms with van der Waals surface area (Å²) in [5, 5.41) is 0. The lowest BCUT2D eigenvalue weighted by Gasteiger charge is -2.35. The molecule has 1 aliphatic carbocycles. The number of hydrogen-bond donors (Lipinski definition) is 0. The SMILES string of the molecule is C=C1CC2CC(C)(C)CCC2O1. The molecule has 2 rings (SSSR count). The Kier molecular flexibility index (Phi) is 1.71. The summed E-state index contributed by atoms with van der Waals surface area (Å²) in [7, 11) is 0. The van der Waals surface area contributed by atoms with E-state index >= 15 is 0 Å². The molecule has 1 aliphatic heterocycles. The molecule has 0 aromatic heterocycles. The van der Waals surface area contributed by atoms with Gasteiger partial charge in [-0.2, -0.15) is 0 Å². The first kappa shape index (κ1) is 8.15. The van der Waals surface area contributed by atoms with Gasteiger partial charge in [0.2, 0.25) is 0 Å². The van der Waals surface area contributed by atoms with Crippen molar-refractivity contribution in [2.45, 2.75) is 45.6 Å². The van der Waals surface area contributed by atoms with Crippen LogP contribution in [0.1, 0.15) is 39.5 Å². The fourth-order valence-corrected chi connectivity index (χ4v) is 2.63. The first-order valence-electron chi connectivity index (χ1n) is 4.91. The molecule has 2 fully saturated rings. The number of allylic oxidation sites excluding steroid dienone is 1. The standard InChI is InChI=1S/C11H18O/c1-8-6-9-7-11(2,3)5-4-10(9)12-8/h9-10H,1,4-7H2,2-3H3. The Labute approximate surface area is 74.8 Å². The second-order valence-corrected chi connectivity index (χ2v) is 5.07. The minimum Gasteiger partial charge on any atom is -0.495 e. The summed E-state index contributed by atoms with van der Waals surface area (Å²) < 4.78 is 5.66. The van der Waals surface area contributed by atoms with Gasteiger partial charge in [-0.15, -0.1) is 0 Å². The van der Waals surface area contributed by atoms with Gasteiger partial charge in [0.15, 0.2) is 0 Å². The molecule has 0 amide bonds. The van der Waals surface area contributed by atoms with E-state index in [1.165, 1.54) is 19.3 Å². The third-order valence-electron chi connectivity index (χ3n) is 3.25. The van der Waals surface area contributed by atoms with Crippen LogP contribution in [0.15, 0.2) is 12.3 Å². The molecular formula is C11H18O. The van der Waals surface area contributed by atoms with Crippen LogP contribution in [0.25, 0.3) is 0 Å². The van der Waals surface area contributed by atoms with Crippen LogP contribution in [-0.2, 0) is 4.74 Å². The van der Waals surface area contributed by atoms with Crippen LogP contribution in [0.2, 0.25) is 0 Å². The molecule has 1 nitrogen and oxygen atoms in total. The largest absolute Gasteiger partial charge is 0.495 e. The topological polar surface area (TPSA) is 9.23 Å². The molecule has 0 aromatic rings. The van der Waals surface area contributed by atoms with E-state index < -0.39 is 0 Å². The number of rotatable bonds is 0. The van der Waals surface area contributed by atoms with E-state index in [4.69, 9.17) is 4.74 Å². The molecule has 0 N–H and O–H groups in total. The average molecular weight is 166 g/mol. The first-order chi connectivity index (χ1) is 5.57. The summed E-state index contributed by atoms with van der Waals surface area (Å²) in [6, 6.07) is 0. The van der Waals surface area contributed by atoms with Crippen molar-refractivity contribution in [1.82, 2.24) is 0 Å². The lowest BCUT2D eigenvalue weighted by molar-refractivity contribution is 0.0517. The second kappa shape index (κ2) is 2.51. The highest BCUT2D eigenvalue weighted by atomic mass is 16.5. The predicted octanol–water partition coefficient (Wildman–Crippen LogP) is 3.12. The second-order valence-electron chi connectivity index (χ2n) is 5.07. The summed E-state index contributed by atoms with van der Waals surface area (Å²) in [5.41, 5.74) is 0.537. The zero-order chi connectivity index (χ0) is 8.77. The Balaban J connectivity index is 2.06. The van der Waals surface area contributed by atoms with E-state index in [0.29, 0.717) is 11.5 Å². The van der Waals surface area contributed by atoms with Gasteiger partial charge in [-0.25, -0.2) is 0 Å². The van der Waals surface area contributed by atoms with Gasteiger partial charge in [-0.3, -0.25) is 0 Å². The Bertz CT molecular complexity index is 205. The Morgan fingerprint density at radius 3 is 3.00 bits per heavy atom. The molecule has 1 heteroatoms. The molecule has 68 valence electrons. The monoisotopic (exact) mass is 166 g/mol. The third kappa shape index (κ3) is 1.37. The minimum atomic E-state index is 0.505. The van der Waals surface area contributed by atoms with Crippen molar-refractivity contribution in [3.8, 4) is 0 Å². The molecule has 2 atom stereocenters. The van der Waals surface area contributed by atoms with Crippen molar-refractivity contribution in [1.29, 1.82) is 0 Å². The lowest BCUT2D eigenvalue weighted by atomic mass is 9.71. The van der Waals surface area contributed by atoms with E-state index in [1.54, 1.807) is 0 Å². The van der Waals surface area contributed by atoms with Gasteiger partial charge in [0, 0.05) is 12.3 Å². The molecule has 1 saturated carbocycles. The molecular weight excluding hydrogens is 148 g/mol. The molecule has 0 bridgehead atoms. The van der Waals surface area contributed by atoms with Gasteiger partial charge in [0.25, 0.3) is 0 Å². The van der Waals surface area contributed by atoms with E-state index in [2.05, 4.69) is 20.4 Å². The summed E-state index contributed by atoms with van der Waals surface area (Å²) in [5.74, 6) is 1.78. The van der Waals surface area contributed by atoms with Crippen molar-refractivity contribution < 1.29 is 4.74 Å². The van der Waals surface area contributed by atoms with E-state index in [9.17, 15) is 0 Å². The Morgan fingerprint density at radius 2 is 2.25 bits per heavy atom. The maximum atomic E-state index is 5.66. The molecule has 2 aliphatic rings. The highest BCUT2D eigenvalue weighted by Crippen LogP contribution is 2.46. The molecule has 0 spiro atoms. The van der Waals surface area contributed by atoms with Crippen molar-refractivity contribution in [3.05, 3.63) is 12.3 Å². The van der Waals surface area contributed by atoms with Gasteiger partial charge in [-0.1, -0.05) is 20.4 Å². The molecule has 0 radical (unpaired) electrons.